The highest BCUT2D eigenvalue weighted by atomic mass is 127. The van der Waals surface area contributed by atoms with Gasteiger partial charge in [-0.05, 0) is 29.0 Å². The van der Waals surface area contributed by atoms with Crippen molar-refractivity contribution in [2.75, 3.05) is 48.4 Å². The molecule has 3 rings (SSSR count). The molecule has 2 aromatic rings. The Hall–Kier alpha value is -1.75. The number of pyridine rings is 1. The molecule has 134 valence electrons. The number of nitrogens with one attached hydrogen (secondary N) is 2. The zero-order valence-electron chi connectivity index (χ0n) is 13.9. The van der Waals surface area contributed by atoms with Crippen molar-refractivity contribution in [3.63, 3.8) is 0 Å². The molecule has 0 aromatic carbocycles. The van der Waals surface area contributed by atoms with Crippen molar-refractivity contribution >= 4 is 45.9 Å². The van der Waals surface area contributed by atoms with E-state index in [2.05, 4.69) is 55.1 Å². The Labute approximate surface area is 159 Å². The molecule has 1 aliphatic rings. The molecule has 0 bridgehead atoms. The molecule has 7 nitrogen and oxygen atoms in total. The summed E-state index contributed by atoms with van der Waals surface area (Å²) in [6.07, 6.45) is 4.31. The van der Waals surface area contributed by atoms with E-state index in [9.17, 15) is 4.39 Å². The first kappa shape index (κ1) is 18.1. The van der Waals surface area contributed by atoms with E-state index >= 15 is 0 Å². The lowest BCUT2D eigenvalue weighted by Gasteiger charge is -2.28. The second-order valence-corrected chi connectivity index (χ2v) is 6.73. The highest BCUT2D eigenvalue weighted by Gasteiger charge is 2.17. The Morgan fingerprint density at radius 1 is 1.28 bits per heavy atom. The van der Waals surface area contributed by atoms with Gasteiger partial charge in [-0.2, -0.15) is 4.98 Å². The van der Waals surface area contributed by atoms with Gasteiger partial charge in [0.15, 0.2) is 11.6 Å². The fourth-order valence-corrected chi connectivity index (χ4v) is 2.88. The fraction of sp³-hybridized carbons (Fsp3) is 0.438. The molecule has 0 unspecified atom stereocenters. The first-order valence-electron chi connectivity index (χ1n) is 8.19. The summed E-state index contributed by atoms with van der Waals surface area (Å²) < 4.78 is 20.6. The van der Waals surface area contributed by atoms with Crippen LogP contribution in [0.3, 0.4) is 0 Å². The van der Waals surface area contributed by atoms with Gasteiger partial charge in [-0.25, -0.2) is 14.4 Å². The molecular formula is C16H20FIN6O. The van der Waals surface area contributed by atoms with Crippen molar-refractivity contribution in [1.82, 2.24) is 15.0 Å². The maximum absolute atomic E-state index is 14.4. The summed E-state index contributed by atoms with van der Waals surface area (Å²) in [6, 6.07) is 1.41. The Kier molecular flexibility index (Phi) is 6.19. The summed E-state index contributed by atoms with van der Waals surface area (Å²) in [5.74, 6) is 1.14. The number of morpholine rings is 1. The average molecular weight is 458 g/mol. The summed E-state index contributed by atoms with van der Waals surface area (Å²) >= 11 is 2.18. The van der Waals surface area contributed by atoms with E-state index in [1.165, 1.54) is 6.07 Å². The summed E-state index contributed by atoms with van der Waals surface area (Å²) in [6.45, 7) is 5.38. The number of halogens is 2. The molecule has 0 amide bonds. The third-order valence-electron chi connectivity index (χ3n) is 3.68. The fourth-order valence-electron chi connectivity index (χ4n) is 2.43. The molecule has 2 aromatic heterocycles. The molecule has 25 heavy (non-hydrogen) atoms. The number of nitrogens with zero attached hydrogens (tertiary/aromatic N) is 4. The van der Waals surface area contributed by atoms with E-state index in [-0.39, 0.29) is 5.82 Å². The number of aromatic nitrogens is 3. The predicted octanol–water partition coefficient (Wildman–Crippen LogP) is 3.02. The van der Waals surface area contributed by atoms with Crippen LogP contribution in [0.2, 0.25) is 0 Å². The van der Waals surface area contributed by atoms with Gasteiger partial charge in [0, 0.05) is 31.9 Å². The van der Waals surface area contributed by atoms with Crippen molar-refractivity contribution in [3.8, 4) is 0 Å². The van der Waals surface area contributed by atoms with E-state index < -0.39 is 0 Å². The summed E-state index contributed by atoms with van der Waals surface area (Å²) in [4.78, 5) is 14.8. The molecule has 0 aliphatic carbocycles. The third kappa shape index (κ3) is 4.66. The van der Waals surface area contributed by atoms with E-state index in [1.54, 1.807) is 12.4 Å². The first-order chi connectivity index (χ1) is 12.2. The van der Waals surface area contributed by atoms with Crippen LogP contribution in [0.15, 0.2) is 18.5 Å². The van der Waals surface area contributed by atoms with Gasteiger partial charge in [-0.1, -0.05) is 6.92 Å². The van der Waals surface area contributed by atoms with Gasteiger partial charge in [0.1, 0.15) is 5.82 Å². The van der Waals surface area contributed by atoms with Crippen LogP contribution >= 0.6 is 22.6 Å². The van der Waals surface area contributed by atoms with Crippen LogP contribution in [0.1, 0.15) is 13.3 Å². The highest BCUT2D eigenvalue weighted by molar-refractivity contribution is 14.1. The number of anilines is 4. The molecular weight excluding hydrogens is 438 g/mol. The minimum absolute atomic E-state index is 0.350. The monoisotopic (exact) mass is 458 g/mol. The highest BCUT2D eigenvalue weighted by Crippen LogP contribution is 2.23. The first-order valence-corrected chi connectivity index (χ1v) is 9.27. The molecule has 2 N–H and O–H groups in total. The second kappa shape index (κ2) is 8.56. The molecule has 1 fully saturated rings. The molecule has 0 atom stereocenters. The Morgan fingerprint density at radius 3 is 2.80 bits per heavy atom. The maximum atomic E-state index is 14.4. The van der Waals surface area contributed by atoms with Gasteiger partial charge >= 0.3 is 0 Å². The smallest absolute Gasteiger partial charge is 0.229 e. The van der Waals surface area contributed by atoms with E-state index in [1.807, 2.05) is 4.90 Å². The van der Waals surface area contributed by atoms with Gasteiger partial charge in [0.2, 0.25) is 5.95 Å². The topological polar surface area (TPSA) is 75.2 Å². The van der Waals surface area contributed by atoms with Crippen LogP contribution in [0, 0.1) is 9.39 Å². The lowest BCUT2D eigenvalue weighted by Crippen LogP contribution is -2.37. The zero-order chi connectivity index (χ0) is 17.6. The van der Waals surface area contributed by atoms with Crippen molar-refractivity contribution in [2.24, 2.45) is 0 Å². The summed E-state index contributed by atoms with van der Waals surface area (Å²) in [5.41, 5.74) is 0.511. The molecule has 1 aliphatic heterocycles. The van der Waals surface area contributed by atoms with E-state index in [4.69, 9.17) is 4.74 Å². The molecule has 1 saturated heterocycles. The van der Waals surface area contributed by atoms with E-state index in [0.717, 1.165) is 22.4 Å². The van der Waals surface area contributed by atoms with Crippen LogP contribution in [0.5, 0.6) is 0 Å². The summed E-state index contributed by atoms with van der Waals surface area (Å²) in [5, 5.41) is 6.25. The lowest BCUT2D eigenvalue weighted by atomic mass is 10.3. The number of ether oxygens (including phenoxy) is 1. The quantitative estimate of drug-likeness (QED) is 0.645. The van der Waals surface area contributed by atoms with E-state index in [0.29, 0.717) is 43.8 Å². The molecule has 3 heterocycles. The van der Waals surface area contributed by atoms with Crippen molar-refractivity contribution in [1.29, 1.82) is 0 Å². The van der Waals surface area contributed by atoms with Crippen LogP contribution in [0.4, 0.5) is 27.7 Å². The maximum Gasteiger partial charge on any atom is 0.229 e. The lowest BCUT2D eigenvalue weighted by molar-refractivity contribution is 0.122. The average Bonchev–Trinajstić information content (AvgIpc) is 2.63. The van der Waals surface area contributed by atoms with Crippen LogP contribution < -0.4 is 15.5 Å². The minimum atomic E-state index is -0.373. The third-order valence-corrected chi connectivity index (χ3v) is 4.46. The van der Waals surface area contributed by atoms with Crippen LogP contribution in [-0.4, -0.2) is 47.8 Å². The Balaban J connectivity index is 1.73. The molecule has 0 saturated carbocycles. The van der Waals surface area contributed by atoms with Crippen molar-refractivity contribution < 1.29 is 9.13 Å². The van der Waals surface area contributed by atoms with Gasteiger partial charge in [0.25, 0.3) is 0 Å². The number of hydrogen-bond acceptors (Lipinski definition) is 7. The largest absolute Gasteiger partial charge is 0.378 e. The Bertz CT molecular complexity index is 726. The Morgan fingerprint density at radius 2 is 2.08 bits per heavy atom. The molecule has 0 spiro atoms. The zero-order valence-corrected chi connectivity index (χ0v) is 16.1. The minimum Gasteiger partial charge on any atom is -0.378 e. The standard InChI is InChI=1S/C16H20FIN6O/c1-2-3-19-14-13(18)10-21-16(23-14)22-11-8-12(17)15(20-9-11)24-4-6-25-7-5-24/h8-10H,2-7H2,1H3,(H2,19,21,22,23). The normalized spacial score (nSPS) is 14.4. The number of rotatable bonds is 6. The number of hydrogen-bond donors (Lipinski definition) is 2. The second-order valence-electron chi connectivity index (χ2n) is 5.57. The van der Waals surface area contributed by atoms with Gasteiger partial charge in [0.05, 0.1) is 28.7 Å². The molecule has 0 radical (unpaired) electrons. The SMILES string of the molecule is CCCNc1nc(Nc2cnc(N3CCOCC3)c(F)c2)ncc1I. The van der Waals surface area contributed by atoms with Crippen LogP contribution in [-0.2, 0) is 4.74 Å². The molecule has 9 heteroatoms. The van der Waals surface area contributed by atoms with Gasteiger partial charge in [-0.3, -0.25) is 0 Å². The summed E-state index contributed by atoms with van der Waals surface area (Å²) in [7, 11) is 0. The predicted molar refractivity (Wildman–Crippen MR) is 104 cm³/mol. The van der Waals surface area contributed by atoms with Gasteiger partial charge < -0.3 is 20.3 Å². The van der Waals surface area contributed by atoms with Crippen molar-refractivity contribution in [3.05, 3.63) is 27.8 Å². The van der Waals surface area contributed by atoms with Gasteiger partial charge in [-0.15, -0.1) is 0 Å². The van der Waals surface area contributed by atoms with Crippen molar-refractivity contribution in [2.45, 2.75) is 13.3 Å². The van der Waals surface area contributed by atoms with Crippen LogP contribution in [0.25, 0.3) is 0 Å².